The van der Waals surface area contributed by atoms with E-state index in [-0.39, 0.29) is 24.4 Å². The molecule has 4 aliphatic rings. The van der Waals surface area contributed by atoms with Gasteiger partial charge in [0, 0.05) is 5.41 Å². The summed E-state index contributed by atoms with van der Waals surface area (Å²) < 4.78 is 5.63. The van der Waals surface area contributed by atoms with Gasteiger partial charge in [-0.15, -0.1) is 0 Å². The number of carboxylic acid groups (broad SMARTS) is 1. The Morgan fingerprint density at radius 1 is 1.15 bits per heavy atom. The number of carbonyl (C=O) groups excluding carboxylic acids is 1. The molecule has 0 aliphatic heterocycles. The minimum atomic E-state index is -1.00. The minimum Gasteiger partial charge on any atom is -0.481 e. The van der Waals surface area contributed by atoms with Gasteiger partial charge in [0.1, 0.15) is 6.61 Å². The van der Waals surface area contributed by atoms with Crippen LogP contribution in [-0.2, 0) is 9.53 Å². The summed E-state index contributed by atoms with van der Waals surface area (Å²) in [5.41, 5.74) is 1.69. The summed E-state index contributed by atoms with van der Waals surface area (Å²) in [5, 5.41) is 22.2. The molecule has 0 spiro atoms. The number of carboxylic acids is 1. The van der Waals surface area contributed by atoms with Gasteiger partial charge in [-0.2, -0.15) is 0 Å². The maximum atomic E-state index is 12.6. The Balaban J connectivity index is 1.46. The Morgan fingerprint density at radius 3 is 2.55 bits per heavy atom. The molecule has 2 fully saturated rings. The molecule has 5 atom stereocenters. The third-order valence-corrected chi connectivity index (χ3v) is 9.37. The Morgan fingerprint density at radius 2 is 1.88 bits per heavy atom. The summed E-state index contributed by atoms with van der Waals surface area (Å²) >= 11 is 0. The van der Waals surface area contributed by atoms with E-state index in [0.29, 0.717) is 37.2 Å². The molecule has 2 saturated carbocycles. The summed E-state index contributed by atoms with van der Waals surface area (Å²) in [7, 11) is 0. The third kappa shape index (κ3) is 3.15. The predicted molar refractivity (Wildman–Crippen MR) is 124 cm³/mol. The number of allylic oxidation sites excluding steroid dienone is 1. The van der Waals surface area contributed by atoms with E-state index in [4.69, 9.17) is 4.74 Å². The van der Waals surface area contributed by atoms with Crippen molar-refractivity contribution in [1.82, 2.24) is 0 Å². The molecule has 1 aromatic carbocycles. The van der Waals surface area contributed by atoms with Crippen LogP contribution in [0.15, 0.2) is 53.1 Å². The van der Waals surface area contributed by atoms with Gasteiger partial charge in [0.25, 0.3) is 0 Å². The van der Waals surface area contributed by atoms with Crippen LogP contribution in [0.5, 0.6) is 0 Å². The highest BCUT2D eigenvalue weighted by Gasteiger charge is 2.66. The van der Waals surface area contributed by atoms with Gasteiger partial charge in [0.2, 0.25) is 0 Å². The van der Waals surface area contributed by atoms with Crippen LogP contribution in [0.3, 0.4) is 0 Å². The first-order chi connectivity index (χ1) is 15.6. The molecule has 5 nitrogen and oxygen atoms in total. The number of fused-ring (bicyclic) bond motifs is 6. The average molecular weight is 451 g/mol. The lowest BCUT2D eigenvalue weighted by molar-refractivity contribution is -0.157. The van der Waals surface area contributed by atoms with Gasteiger partial charge in [0.05, 0.1) is 16.6 Å². The molecule has 2 N–H and O–H groups in total. The second-order valence-corrected chi connectivity index (χ2v) is 11.2. The van der Waals surface area contributed by atoms with Crippen LogP contribution < -0.4 is 0 Å². The van der Waals surface area contributed by atoms with Crippen LogP contribution >= 0.6 is 0 Å². The van der Waals surface area contributed by atoms with Crippen molar-refractivity contribution in [2.24, 2.45) is 28.6 Å². The second kappa shape index (κ2) is 7.56. The van der Waals surface area contributed by atoms with E-state index in [2.05, 4.69) is 20.8 Å². The molecule has 0 radical (unpaired) electrons. The highest BCUT2D eigenvalue weighted by Crippen LogP contribution is 2.69. The van der Waals surface area contributed by atoms with Crippen molar-refractivity contribution in [3.63, 3.8) is 0 Å². The molecular weight excluding hydrogens is 416 g/mol. The van der Waals surface area contributed by atoms with Gasteiger partial charge in [-0.1, -0.05) is 44.5 Å². The maximum absolute atomic E-state index is 12.6. The van der Waals surface area contributed by atoms with Crippen molar-refractivity contribution in [2.45, 2.75) is 64.9 Å². The lowest BCUT2D eigenvalue weighted by Crippen LogP contribution is -2.58. The number of benzene rings is 1. The van der Waals surface area contributed by atoms with Gasteiger partial charge >= 0.3 is 11.9 Å². The maximum Gasteiger partial charge on any atom is 0.338 e. The molecule has 33 heavy (non-hydrogen) atoms. The van der Waals surface area contributed by atoms with E-state index < -0.39 is 22.4 Å². The fourth-order valence-electron chi connectivity index (χ4n) is 7.41. The summed E-state index contributed by atoms with van der Waals surface area (Å²) in [6.45, 7) is 6.64. The van der Waals surface area contributed by atoms with E-state index >= 15 is 0 Å². The minimum absolute atomic E-state index is 0.0320. The smallest absolute Gasteiger partial charge is 0.338 e. The highest BCUT2D eigenvalue weighted by atomic mass is 16.5. The van der Waals surface area contributed by atoms with Gasteiger partial charge in [0.15, 0.2) is 0 Å². The largest absolute Gasteiger partial charge is 0.481 e. The molecule has 1 aromatic rings. The lowest BCUT2D eigenvalue weighted by Gasteiger charge is -2.58. The van der Waals surface area contributed by atoms with Crippen LogP contribution in [0.2, 0.25) is 0 Å². The zero-order chi connectivity index (χ0) is 23.6. The normalized spacial score (nSPS) is 36.9. The molecule has 0 aromatic heterocycles. The molecule has 5 rings (SSSR count). The van der Waals surface area contributed by atoms with Gasteiger partial charge < -0.3 is 14.9 Å². The van der Waals surface area contributed by atoms with Crippen LogP contribution in [-0.4, -0.2) is 34.4 Å². The average Bonchev–Trinajstić information content (AvgIpc) is 3.32. The van der Waals surface area contributed by atoms with E-state index in [9.17, 15) is 19.8 Å². The fourth-order valence-corrected chi connectivity index (χ4v) is 7.41. The first kappa shape index (κ1) is 22.4. The molecular formula is C28H34O5. The molecule has 4 aliphatic carbocycles. The van der Waals surface area contributed by atoms with E-state index in [1.807, 2.05) is 24.3 Å². The second-order valence-electron chi connectivity index (χ2n) is 11.2. The van der Waals surface area contributed by atoms with E-state index in [0.717, 1.165) is 24.0 Å². The molecule has 0 unspecified atom stereocenters. The van der Waals surface area contributed by atoms with Gasteiger partial charge in [-0.25, -0.2) is 4.79 Å². The molecule has 176 valence electrons. The SMILES string of the molecule is CC(C)C1=C2[C@H]3C[C@@H]4C[C@@](O)(C=C4COC(=O)c4ccccc4)[C@]3(C)CC[C@@]2(C(=O)O)CC1. The Hall–Kier alpha value is -2.40. The monoisotopic (exact) mass is 450 g/mol. The van der Waals surface area contributed by atoms with Crippen molar-refractivity contribution >= 4 is 11.9 Å². The predicted octanol–water partition coefficient (Wildman–Crippen LogP) is 5.16. The lowest BCUT2D eigenvalue weighted by atomic mass is 9.47. The highest BCUT2D eigenvalue weighted by molar-refractivity contribution is 5.89. The van der Waals surface area contributed by atoms with Crippen molar-refractivity contribution in [3.8, 4) is 0 Å². The van der Waals surface area contributed by atoms with Crippen LogP contribution in [0.4, 0.5) is 0 Å². The summed E-state index contributed by atoms with van der Waals surface area (Å²) in [6, 6.07) is 8.94. The standard InChI is InChI=1S/C28H34O5/c1-17(2)21-9-10-27(25(30)31)12-11-26(3)22(23(21)27)13-19-14-28(26,32)15-20(19)16-33-24(29)18-7-5-4-6-8-18/h4-8,15,17,19,22,32H,9-14,16H2,1-3H3,(H,30,31)/t19-,22-,26-,27+,28-/m1/s1. The van der Waals surface area contributed by atoms with Crippen molar-refractivity contribution < 1.29 is 24.5 Å². The van der Waals surface area contributed by atoms with Crippen LogP contribution in [0, 0.1) is 28.6 Å². The number of hydrogen-bond acceptors (Lipinski definition) is 4. The topological polar surface area (TPSA) is 83.8 Å². The van der Waals surface area contributed by atoms with Crippen LogP contribution in [0.25, 0.3) is 0 Å². The summed E-state index contributed by atoms with van der Waals surface area (Å²) in [4.78, 5) is 25.1. The molecule has 5 heteroatoms. The number of rotatable bonds is 5. The Labute approximate surface area is 195 Å². The molecule has 0 saturated heterocycles. The molecule has 0 amide bonds. The van der Waals surface area contributed by atoms with E-state index in [1.165, 1.54) is 5.57 Å². The number of esters is 1. The number of aliphatic hydroxyl groups is 1. The molecule has 2 bridgehead atoms. The van der Waals surface area contributed by atoms with Crippen LogP contribution in [0.1, 0.15) is 69.7 Å². The zero-order valence-corrected chi connectivity index (χ0v) is 19.8. The number of ether oxygens (including phenoxy) is 1. The van der Waals surface area contributed by atoms with E-state index in [1.54, 1.807) is 12.1 Å². The summed E-state index contributed by atoms with van der Waals surface area (Å²) in [5.74, 6) is -0.631. The summed E-state index contributed by atoms with van der Waals surface area (Å²) in [6.07, 6.45) is 6.18. The Bertz CT molecular complexity index is 1050. The first-order valence-electron chi connectivity index (χ1n) is 12.2. The van der Waals surface area contributed by atoms with Gasteiger partial charge in [-0.05, 0) is 85.6 Å². The fraction of sp³-hybridized carbons (Fsp3) is 0.571. The van der Waals surface area contributed by atoms with Gasteiger partial charge in [-0.3, -0.25) is 4.79 Å². The van der Waals surface area contributed by atoms with Crippen molar-refractivity contribution in [1.29, 1.82) is 0 Å². The first-order valence-corrected chi connectivity index (χ1v) is 12.2. The Kier molecular flexibility index (Phi) is 5.13. The number of carbonyl (C=O) groups is 2. The quantitative estimate of drug-likeness (QED) is 0.478. The van der Waals surface area contributed by atoms with Crippen molar-refractivity contribution in [3.05, 3.63) is 58.7 Å². The third-order valence-electron chi connectivity index (χ3n) is 9.37. The number of hydrogen-bond donors (Lipinski definition) is 2. The van der Waals surface area contributed by atoms with Crippen molar-refractivity contribution in [2.75, 3.05) is 6.61 Å². The molecule has 0 heterocycles. The zero-order valence-electron chi connectivity index (χ0n) is 19.8. The number of aliphatic carboxylic acids is 1.